The van der Waals surface area contributed by atoms with Gasteiger partial charge in [0.2, 0.25) is 0 Å². The molecule has 0 aromatic rings. The van der Waals surface area contributed by atoms with Crippen LogP contribution >= 0.6 is 0 Å². The van der Waals surface area contributed by atoms with Gasteiger partial charge >= 0.3 is 0 Å². The number of aliphatic hydroxyl groups excluding tert-OH is 8. The van der Waals surface area contributed by atoms with Crippen LogP contribution in [0.4, 0.5) is 0 Å². The molecule has 0 amide bonds. The van der Waals surface area contributed by atoms with Crippen LogP contribution in [0.2, 0.25) is 0 Å². The Kier molecular flexibility index (Phi) is 11.1. The van der Waals surface area contributed by atoms with Crippen LogP contribution in [0.5, 0.6) is 0 Å². The van der Waals surface area contributed by atoms with Gasteiger partial charge in [-0.3, -0.25) is 0 Å². The molecule has 0 aromatic heterocycles. The van der Waals surface area contributed by atoms with Gasteiger partial charge in [-0.1, -0.05) is 13.8 Å². The minimum absolute atomic E-state index is 0.212. The molecule has 216 valence electrons. The van der Waals surface area contributed by atoms with E-state index in [0.717, 1.165) is 0 Å². The van der Waals surface area contributed by atoms with E-state index in [0.29, 0.717) is 6.42 Å². The predicted molar refractivity (Wildman–Crippen MR) is 117 cm³/mol. The first-order valence-electron chi connectivity index (χ1n) is 12.2. The van der Waals surface area contributed by atoms with Crippen molar-refractivity contribution >= 4 is 6.29 Å². The summed E-state index contributed by atoms with van der Waals surface area (Å²) in [6.45, 7) is 2.74. The molecule has 15 unspecified atom stereocenters. The number of hydrogen-bond donors (Lipinski definition) is 8. The average Bonchev–Trinajstić information content (AvgIpc) is 2.89. The van der Waals surface area contributed by atoms with Crippen LogP contribution in [-0.4, -0.2) is 153 Å². The lowest BCUT2D eigenvalue weighted by Crippen LogP contribution is -2.63. The van der Waals surface area contributed by atoms with Crippen molar-refractivity contribution in [3.8, 4) is 0 Å². The van der Waals surface area contributed by atoms with E-state index in [1.807, 2.05) is 6.92 Å². The highest BCUT2D eigenvalue weighted by atomic mass is 16.7. The summed E-state index contributed by atoms with van der Waals surface area (Å²) in [5, 5.41) is 80.8. The second kappa shape index (κ2) is 13.5. The Bertz CT molecular complexity index is 712. The molecule has 3 heterocycles. The molecule has 0 saturated carbocycles. The van der Waals surface area contributed by atoms with Crippen molar-refractivity contribution in [1.29, 1.82) is 0 Å². The molecule has 3 fully saturated rings. The van der Waals surface area contributed by atoms with Gasteiger partial charge in [-0.15, -0.1) is 0 Å². The van der Waals surface area contributed by atoms with Gasteiger partial charge in [-0.05, 0) is 6.42 Å². The average molecular weight is 543 g/mol. The normalized spacial score (nSPS) is 49.1. The Balaban J connectivity index is 1.73. The number of hydrogen-bond acceptors (Lipinski definition) is 15. The van der Waals surface area contributed by atoms with Gasteiger partial charge in [0, 0.05) is 12.5 Å². The molecule has 15 heteroatoms. The summed E-state index contributed by atoms with van der Waals surface area (Å²) in [6, 6.07) is 0. The zero-order valence-corrected chi connectivity index (χ0v) is 20.5. The molecule has 0 radical (unpaired) electrons. The predicted octanol–water partition coefficient (Wildman–Crippen LogP) is -4.66. The Labute approximate surface area is 213 Å². The molecule has 3 aliphatic heterocycles. The van der Waals surface area contributed by atoms with Gasteiger partial charge < -0.3 is 74.1 Å². The largest absolute Gasteiger partial charge is 0.394 e. The minimum Gasteiger partial charge on any atom is -0.394 e. The Morgan fingerprint density at radius 2 is 1.32 bits per heavy atom. The number of ether oxygens (including phenoxy) is 6. The lowest BCUT2D eigenvalue weighted by atomic mass is 9.90. The molecule has 15 atom stereocenters. The third-order valence-corrected chi connectivity index (χ3v) is 6.82. The van der Waals surface area contributed by atoms with Crippen molar-refractivity contribution in [2.75, 3.05) is 19.8 Å². The highest BCUT2D eigenvalue weighted by Gasteiger charge is 2.51. The van der Waals surface area contributed by atoms with E-state index in [1.54, 1.807) is 6.92 Å². The quantitative estimate of drug-likeness (QED) is 0.121. The zero-order valence-electron chi connectivity index (χ0n) is 20.5. The molecular formula is C22H38O15. The van der Waals surface area contributed by atoms with E-state index >= 15 is 0 Å². The molecular weight excluding hydrogens is 504 g/mol. The third-order valence-electron chi connectivity index (χ3n) is 6.82. The van der Waals surface area contributed by atoms with Crippen LogP contribution < -0.4 is 0 Å². The Morgan fingerprint density at radius 1 is 0.730 bits per heavy atom. The first-order chi connectivity index (χ1) is 17.5. The number of carbonyl (C=O) groups excluding carboxylic acids is 1. The summed E-state index contributed by atoms with van der Waals surface area (Å²) in [5.41, 5.74) is 0. The molecule has 37 heavy (non-hydrogen) atoms. The fraction of sp³-hybridized carbons (Fsp3) is 0.955. The fourth-order valence-electron chi connectivity index (χ4n) is 4.47. The monoisotopic (exact) mass is 542 g/mol. The SMILES string of the molecule is CCCOC1OC(COC2OC(CO)C(O)C(O)C2O)C(C)C(OC2OC(C=O)C(O)C(O)C2O)C1O. The number of carbonyl (C=O) groups is 1. The van der Waals surface area contributed by atoms with Gasteiger partial charge in [-0.25, -0.2) is 0 Å². The maximum Gasteiger partial charge on any atom is 0.187 e. The molecule has 0 spiro atoms. The summed E-state index contributed by atoms with van der Waals surface area (Å²) < 4.78 is 33.4. The maximum atomic E-state index is 11.2. The summed E-state index contributed by atoms with van der Waals surface area (Å²) >= 11 is 0. The summed E-state index contributed by atoms with van der Waals surface area (Å²) in [6.07, 6.45) is -19.5. The van der Waals surface area contributed by atoms with Crippen LogP contribution in [0.3, 0.4) is 0 Å². The van der Waals surface area contributed by atoms with E-state index in [4.69, 9.17) is 28.4 Å². The lowest BCUT2D eigenvalue weighted by molar-refractivity contribution is -0.354. The topological polar surface area (TPSA) is 234 Å². The van der Waals surface area contributed by atoms with E-state index in [9.17, 15) is 45.6 Å². The molecule has 0 aliphatic carbocycles. The molecule has 3 rings (SSSR count). The van der Waals surface area contributed by atoms with Gasteiger partial charge in [0.25, 0.3) is 0 Å². The number of aldehydes is 1. The van der Waals surface area contributed by atoms with Crippen molar-refractivity contribution in [2.24, 2.45) is 5.92 Å². The molecule has 3 saturated heterocycles. The Hall–Kier alpha value is -0.890. The second-order valence-corrected chi connectivity index (χ2v) is 9.47. The van der Waals surface area contributed by atoms with Crippen molar-refractivity contribution in [1.82, 2.24) is 0 Å². The van der Waals surface area contributed by atoms with Crippen LogP contribution in [0, 0.1) is 5.92 Å². The first kappa shape index (κ1) is 30.6. The van der Waals surface area contributed by atoms with Gasteiger partial charge in [0.05, 0.1) is 25.4 Å². The van der Waals surface area contributed by atoms with Gasteiger partial charge in [-0.2, -0.15) is 0 Å². The first-order valence-corrected chi connectivity index (χ1v) is 12.2. The zero-order chi connectivity index (χ0) is 27.4. The molecule has 0 bridgehead atoms. The van der Waals surface area contributed by atoms with E-state index in [1.165, 1.54) is 0 Å². The fourth-order valence-corrected chi connectivity index (χ4v) is 4.47. The van der Waals surface area contributed by atoms with Crippen molar-refractivity contribution in [2.45, 2.75) is 106 Å². The summed E-state index contributed by atoms with van der Waals surface area (Å²) in [4.78, 5) is 11.2. The van der Waals surface area contributed by atoms with E-state index < -0.39 is 98.5 Å². The summed E-state index contributed by atoms with van der Waals surface area (Å²) in [5.74, 6) is -0.698. The molecule has 0 aromatic carbocycles. The number of aliphatic hydroxyl groups is 8. The van der Waals surface area contributed by atoms with Crippen LogP contribution in [0.15, 0.2) is 0 Å². The third kappa shape index (κ3) is 6.64. The Morgan fingerprint density at radius 3 is 1.95 bits per heavy atom. The van der Waals surface area contributed by atoms with E-state index in [2.05, 4.69) is 0 Å². The standard InChI is InChI=1S/C22H38O15/c1-3-4-32-21-18(31)19(37-22-17(30)15(28)13(26)10(6-24)35-22)8(2)11(36-21)7-33-20-16(29)14(27)12(25)9(5-23)34-20/h6,8-23,25-31H,3-5,7H2,1-2H3. The van der Waals surface area contributed by atoms with E-state index in [-0.39, 0.29) is 19.5 Å². The minimum atomic E-state index is -1.75. The van der Waals surface area contributed by atoms with Crippen molar-refractivity contribution in [3.63, 3.8) is 0 Å². The van der Waals surface area contributed by atoms with Crippen molar-refractivity contribution in [3.05, 3.63) is 0 Å². The lowest BCUT2D eigenvalue weighted by Gasteiger charge is -2.47. The summed E-state index contributed by atoms with van der Waals surface area (Å²) in [7, 11) is 0. The maximum absolute atomic E-state index is 11.2. The molecule has 15 nitrogen and oxygen atoms in total. The highest BCUT2D eigenvalue weighted by Crippen LogP contribution is 2.33. The number of rotatable bonds is 10. The smallest absolute Gasteiger partial charge is 0.187 e. The van der Waals surface area contributed by atoms with Gasteiger partial charge in [0.15, 0.2) is 25.2 Å². The highest BCUT2D eigenvalue weighted by molar-refractivity contribution is 5.57. The van der Waals surface area contributed by atoms with Crippen LogP contribution in [0.25, 0.3) is 0 Å². The van der Waals surface area contributed by atoms with Crippen LogP contribution in [-0.2, 0) is 33.2 Å². The van der Waals surface area contributed by atoms with Crippen molar-refractivity contribution < 1.29 is 74.1 Å². The molecule has 3 aliphatic rings. The molecule has 8 N–H and O–H groups in total. The second-order valence-electron chi connectivity index (χ2n) is 9.47. The van der Waals surface area contributed by atoms with Crippen LogP contribution in [0.1, 0.15) is 20.3 Å². The van der Waals surface area contributed by atoms with Gasteiger partial charge in [0.1, 0.15) is 54.9 Å².